The predicted octanol–water partition coefficient (Wildman–Crippen LogP) is 2.34. The van der Waals surface area contributed by atoms with Crippen LogP contribution in [0.25, 0.3) is 5.69 Å². The smallest absolute Gasteiger partial charge is 0.191 e. The van der Waals surface area contributed by atoms with Gasteiger partial charge in [0, 0.05) is 25.0 Å². The van der Waals surface area contributed by atoms with Crippen molar-refractivity contribution in [2.75, 3.05) is 6.54 Å². The summed E-state index contributed by atoms with van der Waals surface area (Å²) in [4.78, 5) is 8.76. The topological polar surface area (TPSA) is 54.2 Å². The Morgan fingerprint density at radius 3 is 2.81 bits per heavy atom. The fraction of sp³-hybridized carbons (Fsp3) is 0.375. The van der Waals surface area contributed by atoms with Gasteiger partial charge in [0.15, 0.2) is 5.96 Å². The number of hydrogen-bond acceptors (Lipinski definition) is 2. The van der Waals surface area contributed by atoms with Crippen LogP contribution >= 0.6 is 0 Å². The van der Waals surface area contributed by atoms with Crippen LogP contribution in [-0.4, -0.2) is 28.1 Å². The highest BCUT2D eigenvalue weighted by Gasteiger charge is 2.04. The van der Waals surface area contributed by atoms with E-state index in [1.54, 1.807) is 12.5 Å². The molecule has 0 amide bonds. The zero-order chi connectivity index (χ0) is 15.1. The molecule has 0 unspecified atom stereocenters. The molecule has 21 heavy (non-hydrogen) atoms. The Balaban J connectivity index is 2.19. The van der Waals surface area contributed by atoms with E-state index in [-0.39, 0.29) is 0 Å². The Labute approximate surface area is 126 Å². The Morgan fingerprint density at radius 2 is 2.14 bits per heavy atom. The molecule has 2 rings (SSSR count). The molecule has 1 aromatic carbocycles. The molecule has 5 heteroatoms. The fourth-order valence-corrected chi connectivity index (χ4v) is 2.06. The zero-order valence-electron chi connectivity index (χ0n) is 12.9. The lowest BCUT2D eigenvalue weighted by Crippen LogP contribution is -2.41. The second-order valence-corrected chi connectivity index (χ2v) is 5.09. The number of hydrogen-bond donors (Lipinski definition) is 2. The van der Waals surface area contributed by atoms with E-state index in [0.29, 0.717) is 12.6 Å². The third-order valence-corrected chi connectivity index (χ3v) is 2.95. The maximum absolute atomic E-state index is 4.66. The summed E-state index contributed by atoms with van der Waals surface area (Å²) in [5.74, 6) is 0.841. The lowest BCUT2D eigenvalue weighted by Gasteiger charge is -2.14. The van der Waals surface area contributed by atoms with Crippen LogP contribution in [0.4, 0.5) is 0 Å². The molecular weight excluding hydrogens is 262 g/mol. The van der Waals surface area contributed by atoms with Crippen LogP contribution in [0.1, 0.15) is 26.3 Å². The van der Waals surface area contributed by atoms with E-state index in [1.807, 2.05) is 22.9 Å². The van der Waals surface area contributed by atoms with Crippen molar-refractivity contribution in [1.82, 2.24) is 20.2 Å². The number of para-hydroxylation sites is 1. The highest BCUT2D eigenvalue weighted by atomic mass is 15.2. The highest BCUT2D eigenvalue weighted by Crippen LogP contribution is 2.14. The van der Waals surface area contributed by atoms with Crippen LogP contribution in [-0.2, 0) is 6.54 Å². The molecule has 112 valence electrons. The summed E-state index contributed by atoms with van der Waals surface area (Å²) in [7, 11) is 0. The summed E-state index contributed by atoms with van der Waals surface area (Å²) in [5.41, 5.74) is 2.27. The first kappa shape index (κ1) is 15.1. The second kappa shape index (κ2) is 7.47. The first-order valence-electron chi connectivity index (χ1n) is 7.31. The monoisotopic (exact) mass is 285 g/mol. The SMILES string of the molecule is CCNC(=NCc1ccccc1-n1ccnc1)NC(C)C. The largest absolute Gasteiger partial charge is 0.357 e. The van der Waals surface area contributed by atoms with Gasteiger partial charge in [-0.3, -0.25) is 0 Å². The molecule has 0 fully saturated rings. The van der Waals surface area contributed by atoms with Crippen molar-refractivity contribution < 1.29 is 0 Å². The molecule has 0 aliphatic carbocycles. The number of aromatic nitrogens is 2. The number of nitrogens with one attached hydrogen (secondary N) is 2. The molecule has 0 aliphatic rings. The zero-order valence-corrected chi connectivity index (χ0v) is 12.9. The van der Waals surface area contributed by atoms with E-state index in [0.717, 1.165) is 23.8 Å². The van der Waals surface area contributed by atoms with Crippen LogP contribution in [0.3, 0.4) is 0 Å². The summed E-state index contributed by atoms with van der Waals surface area (Å²) in [5, 5.41) is 6.58. The third-order valence-electron chi connectivity index (χ3n) is 2.95. The van der Waals surface area contributed by atoms with E-state index < -0.39 is 0 Å². The van der Waals surface area contributed by atoms with Crippen molar-refractivity contribution in [2.24, 2.45) is 4.99 Å². The number of rotatable bonds is 5. The van der Waals surface area contributed by atoms with Crippen molar-refractivity contribution in [3.8, 4) is 5.69 Å². The average Bonchev–Trinajstić information content (AvgIpc) is 2.99. The van der Waals surface area contributed by atoms with E-state index in [9.17, 15) is 0 Å². The lowest BCUT2D eigenvalue weighted by atomic mass is 10.2. The van der Waals surface area contributed by atoms with E-state index in [1.165, 1.54) is 0 Å². The van der Waals surface area contributed by atoms with Gasteiger partial charge in [-0.15, -0.1) is 0 Å². The summed E-state index contributed by atoms with van der Waals surface area (Å²) in [6.07, 6.45) is 5.53. The van der Waals surface area contributed by atoms with Gasteiger partial charge in [-0.05, 0) is 32.4 Å². The van der Waals surface area contributed by atoms with E-state index >= 15 is 0 Å². The molecular formula is C16H23N5. The molecule has 1 heterocycles. The summed E-state index contributed by atoms with van der Waals surface area (Å²) in [6, 6.07) is 8.59. The summed E-state index contributed by atoms with van der Waals surface area (Å²) < 4.78 is 2.01. The maximum Gasteiger partial charge on any atom is 0.191 e. The predicted molar refractivity (Wildman–Crippen MR) is 86.7 cm³/mol. The van der Waals surface area contributed by atoms with Crippen molar-refractivity contribution in [3.63, 3.8) is 0 Å². The fourth-order valence-electron chi connectivity index (χ4n) is 2.06. The molecule has 2 aromatic rings. The Morgan fingerprint density at radius 1 is 1.33 bits per heavy atom. The van der Waals surface area contributed by atoms with Gasteiger partial charge in [0.2, 0.25) is 0 Å². The van der Waals surface area contributed by atoms with Gasteiger partial charge in [0.25, 0.3) is 0 Å². The number of aliphatic imine (C=N–C) groups is 1. The van der Waals surface area contributed by atoms with E-state index in [4.69, 9.17) is 0 Å². The molecule has 0 aliphatic heterocycles. The van der Waals surface area contributed by atoms with Gasteiger partial charge < -0.3 is 15.2 Å². The molecule has 0 spiro atoms. The number of imidazole rings is 1. The number of guanidine groups is 1. The quantitative estimate of drug-likeness (QED) is 0.655. The van der Waals surface area contributed by atoms with Crippen molar-refractivity contribution in [3.05, 3.63) is 48.5 Å². The number of nitrogens with zero attached hydrogens (tertiary/aromatic N) is 3. The van der Waals surface area contributed by atoms with Gasteiger partial charge in [-0.2, -0.15) is 0 Å². The molecule has 2 N–H and O–H groups in total. The van der Waals surface area contributed by atoms with Crippen LogP contribution in [0.5, 0.6) is 0 Å². The first-order chi connectivity index (χ1) is 10.2. The number of benzene rings is 1. The van der Waals surface area contributed by atoms with Crippen LogP contribution in [0.15, 0.2) is 48.0 Å². The standard InChI is InChI=1S/C16H23N5/c1-4-18-16(20-13(2)3)19-11-14-7-5-6-8-15(14)21-10-9-17-12-21/h5-10,12-13H,4,11H2,1-3H3,(H2,18,19,20). The molecule has 0 saturated heterocycles. The van der Waals surface area contributed by atoms with Gasteiger partial charge in [-0.1, -0.05) is 18.2 Å². The Hall–Kier alpha value is -2.30. The van der Waals surface area contributed by atoms with Crippen molar-refractivity contribution in [1.29, 1.82) is 0 Å². The van der Waals surface area contributed by atoms with Gasteiger partial charge in [-0.25, -0.2) is 9.98 Å². The van der Waals surface area contributed by atoms with Crippen molar-refractivity contribution >= 4 is 5.96 Å². The Kier molecular flexibility index (Phi) is 5.37. The average molecular weight is 285 g/mol. The minimum Gasteiger partial charge on any atom is -0.357 e. The summed E-state index contributed by atoms with van der Waals surface area (Å²) >= 11 is 0. The van der Waals surface area contributed by atoms with Crippen LogP contribution in [0.2, 0.25) is 0 Å². The molecule has 1 aromatic heterocycles. The van der Waals surface area contributed by atoms with Gasteiger partial charge in [0.1, 0.15) is 0 Å². The first-order valence-corrected chi connectivity index (χ1v) is 7.31. The minimum atomic E-state index is 0.353. The van der Waals surface area contributed by atoms with Crippen molar-refractivity contribution in [2.45, 2.75) is 33.4 Å². The molecule has 0 radical (unpaired) electrons. The summed E-state index contributed by atoms with van der Waals surface area (Å²) in [6.45, 7) is 7.74. The van der Waals surface area contributed by atoms with Crippen LogP contribution < -0.4 is 10.6 Å². The van der Waals surface area contributed by atoms with Gasteiger partial charge in [0.05, 0.1) is 18.6 Å². The third kappa shape index (κ3) is 4.34. The molecule has 0 atom stereocenters. The second-order valence-electron chi connectivity index (χ2n) is 5.09. The molecule has 0 bridgehead atoms. The highest BCUT2D eigenvalue weighted by molar-refractivity contribution is 5.80. The minimum absolute atomic E-state index is 0.353. The van der Waals surface area contributed by atoms with Crippen LogP contribution in [0, 0.1) is 0 Å². The maximum atomic E-state index is 4.66. The normalized spacial score (nSPS) is 11.7. The lowest BCUT2D eigenvalue weighted by molar-refractivity contribution is 0.700. The van der Waals surface area contributed by atoms with E-state index in [2.05, 4.69) is 53.5 Å². The molecule has 5 nitrogen and oxygen atoms in total. The Bertz CT molecular complexity index is 572. The van der Waals surface area contributed by atoms with Gasteiger partial charge >= 0.3 is 0 Å². The molecule has 0 saturated carbocycles.